The molecule has 3 atom stereocenters. The lowest BCUT2D eigenvalue weighted by Gasteiger charge is -2.27. The molecule has 1 N–H and O–H groups in total. The lowest BCUT2D eigenvalue weighted by atomic mass is 10.0. The number of rotatable bonds is 8. The number of aliphatic hydroxyl groups is 1. The van der Waals surface area contributed by atoms with E-state index in [1.54, 1.807) is 13.0 Å². The second-order valence-electron chi connectivity index (χ2n) is 5.69. The Labute approximate surface area is 153 Å². The molecule has 1 aromatic rings. The molecule has 0 saturated carbocycles. The number of ether oxygens (including phenoxy) is 2. The van der Waals surface area contributed by atoms with Crippen LogP contribution in [0.2, 0.25) is 0 Å². The summed E-state index contributed by atoms with van der Waals surface area (Å²) in [5.74, 6) is -0.407. The van der Waals surface area contributed by atoms with Gasteiger partial charge in [-0.1, -0.05) is 48.6 Å². The van der Waals surface area contributed by atoms with Gasteiger partial charge in [0.25, 0.3) is 11.1 Å². The average Bonchev–Trinajstić information content (AvgIpc) is 2.96. The molecule has 0 aliphatic carbocycles. The third-order valence-electron chi connectivity index (χ3n) is 3.85. The van der Waals surface area contributed by atoms with Crippen molar-refractivity contribution in [2.75, 3.05) is 13.2 Å². The Morgan fingerprint density at radius 1 is 1.52 bits per heavy atom. The monoisotopic (exact) mass is 361 g/mol. The Kier molecular flexibility index (Phi) is 7.31. The van der Waals surface area contributed by atoms with E-state index in [2.05, 4.69) is 6.58 Å². The summed E-state index contributed by atoms with van der Waals surface area (Å²) in [5.41, 5.74) is 1.08. The number of carbonyl (C=O) groups is 1. The van der Waals surface area contributed by atoms with Crippen LogP contribution in [0.1, 0.15) is 12.5 Å². The van der Waals surface area contributed by atoms with Gasteiger partial charge in [-0.3, -0.25) is 9.69 Å². The van der Waals surface area contributed by atoms with E-state index in [-0.39, 0.29) is 17.8 Å². The first-order chi connectivity index (χ1) is 12.1. The molecular formula is C19H23NO4S. The number of aliphatic hydroxyl groups excluding tert-OH is 1. The fourth-order valence-electron chi connectivity index (χ4n) is 2.69. The van der Waals surface area contributed by atoms with E-state index in [4.69, 9.17) is 21.7 Å². The van der Waals surface area contributed by atoms with Crippen molar-refractivity contribution in [2.24, 2.45) is 0 Å². The Hall–Kier alpha value is -2.02. The SMILES string of the molecule is C=CCO[C@H](C(=O)N1C(=S)OC[C@@H]1Cc1ccccc1)[C@@H](O)/C=C/C. The number of thiocarbonyl (C=S) groups is 1. The zero-order valence-electron chi connectivity index (χ0n) is 14.2. The molecule has 1 fully saturated rings. The van der Waals surface area contributed by atoms with Gasteiger partial charge in [0.2, 0.25) is 0 Å². The van der Waals surface area contributed by atoms with Crippen LogP contribution in [-0.4, -0.2) is 52.6 Å². The predicted molar refractivity (Wildman–Crippen MR) is 100 cm³/mol. The zero-order chi connectivity index (χ0) is 18.2. The lowest BCUT2D eigenvalue weighted by Crippen LogP contribution is -2.50. The fourth-order valence-corrected chi connectivity index (χ4v) is 3.00. The van der Waals surface area contributed by atoms with Gasteiger partial charge >= 0.3 is 0 Å². The van der Waals surface area contributed by atoms with E-state index in [0.29, 0.717) is 13.0 Å². The first kappa shape index (κ1) is 19.3. The largest absolute Gasteiger partial charge is 0.468 e. The van der Waals surface area contributed by atoms with Crippen molar-refractivity contribution in [1.82, 2.24) is 4.90 Å². The predicted octanol–water partition coefficient (Wildman–Crippen LogP) is 2.25. The molecule has 1 aliphatic rings. The molecule has 6 heteroatoms. The van der Waals surface area contributed by atoms with Crippen LogP contribution in [0.15, 0.2) is 55.1 Å². The highest BCUT2D eigenvalue weighted by atomic mass is 32.1. The lowest BCUT2D eigenvalue weighted by molar-refractivity contribution is -0.145. The van der Waals surface area contributed by atoms with E-state index in [9.17, 15) is 9.90 Å². The second-order valence-corrected chi connectivity index (χ2v) is 6.04. The van der Waals surface area contributed by atoms with Crippen molar-refractivity contribution in [3.8, 4) is 0 Å². The summed E-state index contributed by atoms with van der Waals surface area (Å²) in [5, 5.41) is 10.4. The van der Waals surface area contributed by atoms with E-state index in [1.165, 1.54) is 17.1 Å². The van der Waals surface area contributed by atoms with Crippen molar-refractivity contribution in [3.63, 3.8) is 0 Å². The van der Waals surface area contributed by atoms with Gasteiger partial charge in [0, 0.05) is 0 Å². The van der Waals surface area contributed by atoms with Crippen LogP contribution in [-0.2, 0) is 20.7 Å². The van der Waals surface area contributed by atoms with Gasteiger partial charge in [-0.15, -0.1) is 6.58 Å². The van der Waals surface area contributed by atoms with E-state index < -0.39 is 18.1 Å². The Balaban J connectivity index is 2.18. The first-order valence-corrected chi connectivity index (χ1v) is 8.56. The molecule has 1 amide bonds. The van der Waals surface area contributed by atoms with E-state index >= 15 is 0 Å². The summed E-state index contributed by atoms with van der Waals surface area (Å²) < 4.78 is 10.9. The molecule has 1 aliphatic heterocycles. The average molecular weight is 361 g/mol. The molecule has 1 saturated heterocycles. The van der Waals surface area contributed by atoms with Gasteiger partial charge in [-0.05, 0) is 31.1 Å². The summed E-state index contributed by atoms with van der Waals surface area (Å²) in [6.45, 7) is 5.82. The molecule has 0 spiro atoms. The number of hydrogen-bond acceptors (Lipinski definition) is 5. The van der Waals surface area contributed by atoms with Crippen LogP contribution in [0.3, 0.4) is 0 Å². The maximum Gasteiger partial charge on any atom is 0.266 e. The maximum absolute atomic E-state index is 13.0. The summed E-state index contributed by atoms with van der Waals surface area (Å²) in [6, 6.07) is 9.59. The molecule has 1 heterocycles. The highest BCUT2D eigenvalue weighted by Gasteiger charge is 2.40. The van der Waals surface area contributed by atoms with E-state index in [0.717, 1.165) is 5.56 Å². The summed E-state index contributed by atoms with van der Waals surface area (Å²) >= 11 is 5.20. The van der Waals surface area contributed by atoms with Crippen LogP contribution >= 0.6 is 12.2 Å². The molecule has 1 aromatic carbocycles. The van der Waals surface area contributed by atoms with Gasteiger partial charge in [-0.25, -0.2) is 0 Å². The highest BCUT2D eigenvalue weighted by molar-refractivity contribution is 7.80. The number of carbonyl (C=O) groups excluding carboxylic acids is 1. The zero-order valence-corrected chi connectivity index (χ0v) is 15.0. The fraction of sp³-hybridized carbons (Fsp3) is 0.368. The van der Waals surface area contributed by atoms with Gasteiger partial charge in [0.15, 0.2) is 6.10 Å². The van der Waals surface area contributed by atoms with Gasteiger partial charge in [0.1, 0.15) is 12.7 Å². The number of benzene rings is 1. The number of allylic oxidation sites excluding steroid dienone is 1. The highest BCUT2D eigenvalue weighted by Crippen LogP contribution is 2.20. The Bertz CT molecular complexity index is 632. The minimum atomic E-state index is -1.07. The number of amides is 1. The summed E-state index contributed by atoms with van der Waals surface area (Å²) in [6.07, 6.45) is 3.19. The molecule has 0 aromatic heterocycles. The van der Waals surface area contributed by atoms with Crippen molar-refractivity contribution in [3.05, 3.63) is 60.7 Å². The van der Waals surface area contributed by atoms with Gasteiger partial charge < -0.3 is 14.6 Å². The van der Waals surface area contributed by atoms with Gasteiger partial charge in [-0.2, -0.15) is 0 Å². The topological polar surface area (TPSA) is 59.0 Å². The molecule has 134 valence electrons. The van der Waals surface area contributed by atoms with Crippen molar-refractivity contribution in [1.29, 1.82) is 0 Å². The van der Waals surface area contributed by atoms with Crippen LogP contribution in [0.25, 0.3) is 0 Å². The molecule has 2 rings (SSSR count). The molecular weight excluding hydrogens is 338 g/mol. The van der Waals surface area contributed by atoms with Crippen LogP contribution in [0, 0.1) is 0 Å². The Morgan fingerprint density at radius 3 is 2.88 bits per heavy atom. The molecule has 0 unspecified atom stereocenters. The van der Waals surface area contributed by atoms with Crippen LogP contribution in [0.5, 0.6) is 0 Å². The van der Waals surface area contributed by atoms with Crippen LogP contribution < -0.4 is 0 Å². The smallest absolute Gasteiger partial charge is 0.266 e. The molecule has 0 bridgehead atoms. The normalized spacial score (nSPS) is 19.7. The number of nitrogens with zero attached hydrogens (tertiary/aromatic N) is 1. The Morgan fingerprint density at radius 2 is 2.24 bits per heavy atom. The third kappa shape index (κ3) is 4.98. The minimum Gasteiger partial charge on any atom is -0.468 e. The second kappa shape index (κ2) is 9.46. The van der Waals surface area contributed by atoms with Crippen molar-refractivity contribution >= 4 is 23.3 Å². The summed E-state index contributed by atoms with van der Waals surface area (Å²) in [7, 11) is 0. The quantitative estimate of drug-likeness (QED) is 0.568. The third-order valence-corrected chi connectivity index (χ3v) is 4.16. The van der Waals surface area contributed by atoms with Crippen LogP contribution in [0.4, 0.5) is 0 Å². The first-order valence-electron chi connectivity index (χ1n) is 8.15. The van der Waals surface area contributed by atoms with E-state index in [1.807, 2.05) is 30.3 Å². The molecule has 5 nitrogen and oxygen atoms in total. The number of hydrogen-bond donors (Lipinski definition) is 1. The molecule has 0 radical (unpaired) electrons. The van der Waals surface area contributed by atoms with Crippen molar-refractivity contribution < 1.29 is 19.4 Å². The molecule has 25 heavy (non-hydrogen) atoms. The van der Waals surface area contributed by atoms with Gasteiger partial charge in [0.05, 0.1) is 12.6 Å². The van der Waals surface area contributed by atoms with Crippen molar-refractivity contribution in [2.45, 2.75) is 31.6 Å². The standard InChI is InChI=1S/C19H23NO4S/c1-3-8-16(21)17(23-11-4-2)18(22)20-15(13-24-19(20)25)12-14-9-6-5-7-10-14/h3-10,15-17,21H,2,11-13H2,1H3/b8-3+/t15-,16-,17-/m0/s1. The maximum atomic E-state index is 13.0. The summed E-state index contributed by atoms with van der Waals surface area (Å²) in [4.78, 5) is 14.4. The minimum absolute atomic E-state index is 0.116.